The van der Waals surface area contributed by atoms with Gasteiger partial charge in [0, 0.05) is 0 Å². The highest BCUT2D eigenvalue weighted by molar-refractivity contribution is 8.04. The zero-order valence-electron chi connectivity index (χ0n) is 14.3. The Morgan fingerprint density at radius 2 is 1.76 bits per heavy atom. The molecule has 0 saturated carbocycles. The van der Waals surface area contributed by atoms with Crippen LogP contribution in [-0.2, 0) is 9.59 Å². The van der Waals surface area contributed by atoms with Crippen LogP contribution in [0.2, 0.25) is 5.02 Å². The summed E-state index contributed by atoms with van der Waals surface area (Å²) in [6, 6.07) is 12.8. The van der Waals surface area contributed by atoms with Crippen LogP contribution >= 0.6 is 23.4 Å². The molecule has 25 heavy (non-hydrogen) atoms. The van der Waals surface area contributed by atoms with Crippen LogP contribution in [-0.4, -0.2) is 17.6 Å². The highest BCUT2D eigenvalue weighted by Gasteiger charge is 2.41. The van der Waals surface area contributed by atoms with E-state index in [1.165, 1.54) is 16.7 Å². The summed E-state index contributed by atoms with van der Waals surface area (Å²) >= 11 is 7.63. The lowest BCUT2D eigenvalue weighted by atomic mass is 9.99. The first-order chi connectivity index (χ1) is 12.0. The number of imide groups is 1. The van der Waals surface area contributed by atoms with Gasteiger partial charge < -0.3 is 0 Å². The Balaban J connectivity index is 2.16. The smallest absolute Gasteiger partial charge is 0.268 e. The normalized spacial score (nSPS) is 14.6. The van der Waals surface area contributed by atoms with Crippen molar-refractivity contribution < 1.29 is 9.59 Å². The Morgan fingerprint density at radius 3 is 2.40 bits per heavy atom. The molecule has 2 aromatic rings. The molecule has 5 heteroatoms. The summed E-state index contributed by atoms with van der Waals surface area (Å²) in [5, 5.41) is 0.381. The number of halogens is 1. The number of carbonyl (C=O) groups is 2. The standard InChI is InChI=1S/C20H18ClNO2S/c1-4-25-18-17(14-10-9-12(2)11-13(14)3)19(23)22(20(18)24)16-8-6-5-7-15(16)21/h5-11H,4H2,1-3H3. The molecule has 0 spiro atoms. The van der Waals surface area contributed by atoms with Crippen LogP contribution in [0, 0.1) is 13.8 Å². The maximum absolute atomic E-state index is 13.2. The molecule has 0 fully saturated rings. The molecule has 2 amide bonds. The fourth-order valence-electron chi connectivity index (χ4n) is 2.97. The largest absolute Gasteiger partial charge is 0.272 e. The average Bonchev–Trinajstić information content (AvgIpc) is 2.80. The maximum Gasteiger partial charge on any atom is 0.272 e. The van der Waals surface area contributed by atoms with Crippen LogP contribution in [0.4, 0.5) is 5.69 Å². The molecular weight excluding hydrogens is 354 g/mol. The SMILES string of the molecule is CCSC1=C(c2ccc(C)cc2C)C(=O)N(c2ccccc2Cl)C1=O. The number of rotatable bonds is 4. The molecule has 0 N–H and O–H groups in total. The fourth-order valence-corrected chi connectivity index (χ4v) is 4.04. The van der Waals surface area contributed by atoms with Crippen molar-refractivity contribution >= 4 is 46.4 Å². The van der Waals surface area contributed by atoms with Crippen LogP contribution in [0.25, 0.3) is 5.57 Å². The van der Waals surface area contributed by atoms with Gasteiger partial charge in [0.05, 0.1) is 21.2 Å². The number of anilines is 1. The van der Waals surface area contributed by atoms with Gasteiger partial charge in [-0.15, -0.1) is 11.8 Å². The third-order valence-corrected chi connectivity index (χ3v) is 5.35. The highest BCUT2D eigenvalue weighted by atomic mass is 35.5. The number of aryl methyl sites for hydroxylation is 2. The molecule has 0 radical (unpaired) electrons. The lowest BCUT2D eigenvalue weighted by molar-refractivity contribution is -0.119. The molecule has 1 aliphatic rings. The molecule has 0 aliphatic carbocycles. The first-order valence-corrected chi connectivity index (χ1v) is 9.40. The van der Waals surface area contributed by atoms with E-state index < -0.39 is 0 Å². The van der Waals surface area contributed by atoms with Crippen LogP contribution in [0.15, 0.2) is 47.4 Å². The molecule has 128 valence electrons. The van der Waals surface area contributed by atoms with E-state index in [1.54, 1.807) is 24.3 Å². The number of para-hydroxylation sites is 1. The Kier molecular flexibility index (Phi) is 5.02. The van der Waals surface area contributed by atoms with Gasteiger partial charge in [0.2, 0.25) is 0 Å². The predicted octanol–water partition coefficient (Wildman–Crippen LogP) is 4.99. The molecule has 0 atom stereocenters. The van der Waals surface area contributed by atoms with Crippen molar-refractivity contribution in [1.82, 2.24) is 0 Å². The van der Waals surface area contributed by atoms with Crippen LogP contribution in [0.5, 0.6) is 0 Å². The van der Waals surface area contributed by atoms with Crippen LogP contribution in [0.1, 0.15) is 23.6 Å². The van der Waals surface area contributed by atoms with Gasteiger partial charge in [0.25, 0.3) is 11.8 Å². The van der Waals surface area contributed by atoms with Gasteiger partial charge in [-0.25, -0.2) is 4.90 Å². The van der Waals surface area contributed by atoms with Crippen molar-refractivity contribution in [2.75, 3.05) is 10.7 Å². The van der Waals surface area contributed by atoms with Crippen molar-refractivity contribution in [3.05, 3.63) is 69.1 Å². The minimum absolute atomic E-state index is 0.306. The van der Waals surface area contributed by atoms with Crippen molar-refractivity contribution in [2.24, 2.45) is 0 Å². The molecule has 3 rings (SSSR count). The van der Waals surface area contributed by atoms with Crippen molar-refractivity contribution in [1.29, 1.82) is 0 Å². The molecule has 0 aromatic heterocycles. The second kappa shape index (κ2) is 7.06. The molecule has 3 nitrogen and oxygen atoms in total. The second-order valence-electron chi connectivity index (χ2n) is 5.85. The summed E-state index contributed by atoms with van der Waals surface area (Å²) in [5.74, 6) is 0.0833. The van der Waals surface area contributed by atoms with Gasteiger partial charge >= 0.3 is 0 Å². The van der Waals surface area contributed by atoms with Gasteiger partial charge in [-0.1, -0.05) is 54.4 Å². The maximum atomic E-state index is 13.2. The first kappa shape index (κ1) is 17.8. The van der Waals surface area contributed by atoms with E-state index in [9.17, 15) is 9.59 Å². The first-order valence-electron chi connectivity index (χ1n) is 8.03. The summed E-state index contributed by atoms with van der Waals surface area (Å²) in [7, 11) is 0. The van der Waals surface area contributed by atoms with E-state index in [2.05, 4.69) is 0 Å². The Bertz CT molecular complexity index is 904. The third-order valence-electron chi connectivity index (χ3n) is 4.07. The summed E-state index contributed by atoms with van der Waals surface area (Å²) in [6.45, 7) is 5.93. The van der Waals surface area contributed by atoms with E-state index in [0.717, 1.165) is 16.7 Å². The van der Waals surface area contributed by atoms with Crippen LogP contribution in [0.3, 0.4) is 0 Å². The van der Waals surface area contributed by atoms with E-state index in [0.29, 0.717) is 26.9 Å². The quantitative estimate of drug-likeness (QED) is 0.710. The molecule has 2 aromatic carbocycles. The van der Waals surface area contributed by atoms with Crippen LogP contribution < -0.4 is 4.90 Å². The van der Waals surface area contributed by atoms with E-state index in [4.69, 9.17) is 11.6 Å². The fraction of sp³-hybridized carbons (Fsp3) is 0.200. The molecular formula is C20H18ClNO2S. The monoisotopic (exact) mass is 371 g/mol. The zero-order chi connectivity index (χ0) is 18.1. The lowest BCUT2D eigenvalue weighted by Crippen LogP contribution is -2.31. The second-order valence-corrected chi connectivity index (χ2v) is 7.53. The summed E-state index contributed by atoms with van der Waals surface area (Å²) < 4.78 is 0. The molecule has 0 unspecified atom stereocenters. The van der Waals surface area contributed by atoms with E-state index >= 15 is 0 Å². The highest BCUT2D eigenvalue weighted by Crippen LogP contribution is 2.41. The van der Waals surface area contributed by atoms with Gasteiger partial charge in [0.15, 0.2) is 0 Å². The van der Waals surface area contributed by atoms with Crippen molar-refractivity contribution in [3.8, 4) is 0 Å². The molecule has 1 aliphatic heterocycles. The number of carbonyl (C=O) groups excluding carboxylic acids is 2. The van der Waals surface area contributed by atoms with Gasteiger partial charge in [-0.3, -0.25) is 9.59 Å². The molecule has 0 bridgehead atoms. The lowest BCUT2D eigenvalue weighted by Gasteiger charge is -2.16. The van der Waals surface area contributed by atoms with Gasteiger partial charge in [-0.05, 0) is 42.9 Å². The number of thioether (sulfide) groups is 1. The number of amides is 2. The van der Waals surface area contributed by atoms with E-state index in [-0.39, 0.29) is 11.8 Å². The Labute approximate surface area is 156 Å². The van der Waals surface area contributed by atoms with Crippen molar-refractivity contribution in [2.45, 2.75) is 20.8 Å². The summed E-state index contributed by atoms with van der Waals surface area (Å²) in [5.41, 5.74) is 3.79. The Morgan fingerprint density at radius 1 is 1.04 bits per heavy atom. The molecule has 0 saturated heterocycles. The summed E-state index contributed by atoms with van der Waals surface area (Å²) in [4.78, 5) is 27.8. The molecule has 1 heterocycles. The number of benzene rings is 2. The van der Waals surface area contributed by atoms with Crippen molar-refractivity contribution in [3.63, 3.8) is 0 Å². The minimum atomic E-state index is -0.319. The summed E-state index contributed by atoms with van der Waals surface area (Å²) in [6.07, 6.45) is 0. The average molecular weight is 372 g/mol. The van der Waals surface area contributed by atoms with Gasteiger partial charge in [-0.2, -0.15) is 0 Å². The number of nitrogens with zero attached hydrogens (tertiary/aromatic N) is 1. The number of hydrogen-bond acceptors (Lipinski definition) is 3. The topological polar surface area (TPSA) is 37.4 Å². The minimum Gasteiger partial charge on any atom is -0.268 e. The predicted molar refractivity (Wildman–Crippen MR) is 105 cm³/mol. The Hall–Kier alpha value is -2.04. The van der Waals surface area contributed by atoms with Gasteiger partial charge in [0.1, 0.15) is 0 Å². The zero-order valence-corrected chi connectivity index (χ0v) is 15.9. The number of hydrogen-bond donors (Lipinski definition) is 0. The van der Waals surface area contributed by atoms with E-state index in [1.807, 2.05) is 39.0 Å². The third kappa shape index (κ3) is 3.12.